The molecular formula is C27H28F2N2O3. The first-order chi connectivity index (χ1) is 17.9. The van der Waals surface area contributed by atoms with Gasteiger partial charge >= 0.3 is 5.97 Å². The monoisotopic (exact) mass is 470 g/mol. The van der Waals surface area contributed by atoms with Gasteiger partial charge in [0.05, 0.1) is 12.7 Å². The number of H-pyrrole nitrogens is 1. The molecule has 7 heteroatoms. The van der Waals surface area contributed by atoms with Crippen molar-refractivity contribution in [2.45, 2.75) is 45.1 Å². The van der Waals surface area contributed by atoms with Gasteiger partial charge in [0.25, 0.3) is 6.08 Å². The molecule has 1 aliphatic carbocycles. The molecule has 1 aromatic heterocycles. The van der Waals surface area contributed by atoms with E-state index in [1.165, 1.54) is 12.1 Å². The minimum atomic E-state index is -2.52. The number of aryl methyl sites for hydroxylation is 1. The van der Waals surface area contributed by atoms with Gasteiger partial charge in [0.2, 0.25) is 0 Å². The Kier molecular flexibility index (Phi) is 4.57. The second-order valence-corrected chi connectivity index (χ2v) is 8.98. The Hall–Kier alpha value is -3.19. The molecule has 2 N–H and O–H groups in total. The van der Waals surface area contributed by atoms with Gasteiger partial charge in [-0.1, -0.05) is 12.1 Å². The van der Waals surface area contributed by atoms with Gasteiger partial charge in [-0.2, -0.15) is 8.78 Å². The van der Waals surface area contributed by atoms with Gasteiger partial charge in [0, 0.05) is 40.7 Å². The molecule has 1 atom stereocenters. The molecule has 1 saturated heterocycles. The number of piperidine rings is 1. The smallest absolute Gasteiger partial charge is 0.335 e. The molecule has 0 radical (unpaired) electrons. The highest BCUT2D eigenvalue weighted by atomic mass is 19.3. The van der Waals surface area contributed by atoms with Crippen LogP contribution in [0.4, 0.5) is 8.78 Å². The second kappa shape index (κ2) is 8.55. The fourth-order valence-electron chi connectivity index (χ4n) is 5.20. The predicted molar refractivity (Wildman–Crippen MR) is 126 cm³/mol. The number of nitrogens with one attached hydrogen (secondary N) is 1. The maximum atomic E-state index is 13.7. The highest BCUT2D eigenvalue weighted by molar-refractivity contribution is 5.88. The summed E-state index contributed by atoms with van der Waals surface area (Å²) in [6.45, 7) is 2.60. The molecule has 2 heterocycles. The number of rotatable bonds is 5. The van der Waals surface area contributed by atoms with Crippen molar-refractivity contribution in [1.29, 1.82) is 0 Å². The van der Waals surface area contributed by atoms with Crippen LogP contribution in [0.15, 0.2) is 54.2 Å². The van der Waals surface area contributed by atoms with Crippen LogP contribution in [0, 0.1) is 12.3 Å². The van der Waals surface area contributed by atoms with E-state index in [0.29, 0.717) is 17.9 Å². The van der Waals surface area contributed by atoms with Crippen LogP contribution in [-0.4, -0.2) is 34.6 Å². The third kappa shape index (κ3) is 3.88. The van der Waals surface area contributed by atoms with Crippen molar-refractivity contribution in [2.24, 2.45) is 5.41 Å². The van der Waals surface area contributed by atoms with Crippen LogP contribution in [0.25, 0.3) is 10.9 Å². The van der Waals surface area contributed by atoms with Crippen molar-refractivity contribution in [1.82, 2.24) is 9.88 Å². The SMILES string of the molecule is [2H]C1([2H])C(=C(F)F)C([2H])([2H])C12CCN(Cc1c(OC)cc(C)c3[nH]ccc13)[C@H](c1ccc(C(=O)O)cc1)C2. The van der Waals surface area contributed by atoms with Crippen LogP contribution in [0.5, 0.6) is 5.75 Å². The van der Waals surface area contributed by atoms with Gasteiger partial charge in [0.1, 0.15) is 5.75 Å². The number of allylic oxidation sites excluding steroid dienone is 1. The van der Waals surface area contributed by atoms with Gasteiger partial charge in [-0.15, -0.1) is 0 Å². The number of fused-ring (bicyclic) bond motifs is 1. The quantitative estimate of drug-likeness (QED) is 0.450. The maximum Gasteiger partial charge on any atom is 0.335 e. The van der Waals surface area contributed by atoms with E-state index in [1.807, 2.05) is 25.3 Å². The molecule has 3 aromatic rings. The Balaban J connectivity index is 1.59. The van der Waals surface area contributed by atoms with E-state index in [9.17, 15) is 18.7 Å². The summed E-state index contributed by atoms with van der Waals surface area (Å²) in [5, 5.41) is 10.3. The number of carboxylic acid groups (broad SMARTS) is 1. The largest absolute Gasteiger partial charge is 0.496 e. The van der Waals surface area contributed by atoms with Crippen LogP contribution >= 0.6 is 0 Å². The van der Waals surface area contributed by atoms with Gasteiger partial charge < -0.3 is 14.8 Å². The van der Waals surface area contributed by atoms with Crippen LogP contribution in [0.1, 0.15) is 64.2 Å². The number of methoxy groups -OCH3 is 1. The third-order valence-electron chi connectivity index (χ3n) is 6.96. The number of aromatic carboxylic acids is 1. The lowest BCUT2D eigenvalue weighted by molar-refractivity contribution is 0.0140. The van der Waals surface area contributed by atoms with E-state index >= 15 is 0 Å². The minimum absolute atomic E-state index is 0.0396. The fraction of sp³-hybridized carbons (Fsp3) is 0.370. The second-order valence-electron chi connectivity index (χ2n) is 8.98. The van der Waals surface area contributed by atoms with Crippen molar-refractivity contribution in [3.63, 3.8) is 0 Å². The summed E-state index contributed by atoms with van der Waals surface area (Å²) in [7, 11) is 1.58. The zero-order valence-corrected chi connectivity index (χ0v) is 18.9. The Morgan fingerprint density at radius 2 is 2.03 bits per heavy atom. The number of aromatic nitrogens is 1. The van der Waals surface area contributed by atoms with Gasteiger partial charge in [-0.25, -0.2) is 4.79 Å². The number of hydrogen-bond acceptors (Lipinski definition) is 3. The van der Waals surface area contributed by atoms with E-state index < -0.39 is 41.8 Å². The Morgan fingerprint density at radius 3 is 2.68 bits per heavy atom. The lowest BCUT2D eigenvalue weighted by Gasteiger charge is -2.52. The van der Waals surface area contributed by atoms with Gasteiger partial charge in [-0.05, 0) is 85.4 Å². The fourth-order valence-corrected chi connectivity index (χ4v) is 5.20. The molecule has 178 valence electrons. The number of aromatic amines is 1. The van der Waals surface area contributed by atoms with Crippen molar-refractivity contribution in [3.05, 3.63) is 76.5 Å². The highest BCUT2D eigenvalue weighted by Crippen LogP contribution is 2.57. The first kappa shape index (κ1) is 18.2. The number of likely N-dealkylation sites (tertiary alicyclic amines) is 1. The van der Waals surface area contributed by atoms with Gasteiger partial charge in [-0.3, -0.25) is 4.90 Å². The molecule has 34 heavy (non-hydrogen) atoms. The Morgan fingerprint density at radius 1 is 1.29 bits per heavy atom. The summed E-state index contributed by atoms with van der Waals surface area (Å²) in [5.41, 5.74) is 0.866. The zero-order chi connectivity index (χ0) is 27.6. The number of nitrogens with zero attached hydrogens (tertiary/aromatic N) is 1. The summed E-state index contributed by atoms with van der Waals surface area (Å²) in [6.07, 6.45) is -5.52. The lowest BCUT2D eigenvalue weighted by Crippen LogP contribution is -2.46. The summed E-state index contributed by atoms with van der Waals surface area (Å²) >= 11 is 0. The average Bonchev–Trinajstić information content (AvgIpc) is 3.35. The highest BCUT2D eigenvalue weighted by Gasteiger charge is 2.48. The number of hydrogen-bond donors (Lipinski definition) is 2. The molecule has 1 spiro atoms. The number of halogens is 2. The summed E-state index contributed by atoms with van der Waals surface area (Å²) in [5.74, 6) is -0.415. The maximum absolute atomic E-state index is 13.7. The molecule has 5 nitrogen and oxygen atoms in total. The molecule has 0 bridgehead atoms. The van der Waals surface area contributed by atoms with Gasteiger partial charge in [0.15, 0.2) is 0 Å². The zero-order valence-electron chi connectivity index (χ0n) is 22.9. The summed E-state index contributed by atoms with van der Waals surface area (Å²) in [6, 6.07) is 9.49. The molecule has 0 unspecified atom stereocenters. The van der Waals surface area contributed by atoms with E-state index in [2.05, 4.69) is 9.88 Å². The Labute approximate surface area is 202 Å². The van der Waals surface area contributed by atoms with Crippen LogP contribution in [0.2, 0.25) is 0 Å². The number of ether oxygens (including phenoxy) is 1. The molecule has 2 aliphatic rings. The third-order valence-corrected chi connectivity index (χ3v) is 6.96. The number of carboxylic acids is 1. The van der Waals surface area contributed by atoms with E-state index in [0.717, 1.165) is 22.0 Å². The van der Waals surface area contributed by atoms with Crippen molar-refractivity contribution in [2.75, 3.05) is 13.7 Å². The molecular weight excluding hydrogens is 438 g/mol. The molecule has 2 fully saturated rings. The molecule has 1 saturated carbocycles. The summed E-state index contributed by atoms with van der Waals surface area (Å²) < 4.78 is 67.1. The van der Waals surface area contributed by atoms with Crippen molar-refractivity contribution < 1.29 is 28.9 Å². The van der Waals surface area contributed by atoms with E-state index in [1.54, 1.807) is 19.2 Å². The normalized spacial score (nSPS) is 24.6. The molecule has 0 amide bonds. The number of carbonyl (C=O) groups is 1. The topological polar surface area (TPSA) is 65.6 Å². The molecule has 2 aromatic carbocycles. The first-order valence-electron chi connectivity index (χ1n) is 13.1. The first-order valence-corrected chi connectivity index (χ1v) is 11.1. The summed E-state index contributed by atoms with van der Waals surface area (Å²) in [4.78, 5) is 16.7. The molecule has 5 rings (SSSR count). The van der Waals surface area contributed by atoms with Crippen LogP contribution < -0.4 is 4.74 Å². The Bertz CT molecular complexity index is 1430. The van der Waals surface area contributed by atoms with Crippen LogP contribution in [0.3, 0.4) is 0 Å². The minimum Gasteiger partial charge on any atom is -0.496 e. The van der Waals surface area contributed by atoms with Crippen molar-refractivity contribution >= 4 is 16.9 Å². The van der Waals surface area contributed by atoms with Crippen molar-refractivity contribution in [3.8, 4) is 5.75 Å². The standard InChI is InChI=1S/C27H28F2N2O3/c1-16-11-23(34-2)21(20-7-9-30-24(16)20)15-31-10-8-27(12-19(13-27)25(28)29)14-22(31)17-3-5-18(6-4-17)26(32)33/h3-7,9,11,22,30H,8,10,12-15H2,1-2H3,(H,32,33)/t22-/m0/s1/i12D2,13D2. The number of benzene rings is 2. The average molecular weight is 471 g/mol. The predicted octanol–water partition coefficient (Wildman–Crippen LogP) is 6.45. The van der Waals surface area contributed by atoms with E-state index in [-0.39, 0.29) is 24.9 Å². The van der Waals surface area contributed by atoms with E-state index in [4.69, 9.17) is 10.2 Å². The van der Waals surface area contributed by atoms with Crippen LogP contribution in [-0.2, 0) is 6.54 Å². The lowest BCUT2D eigenvalue weighted by atomic mass is 9.58. The molecule has 1 aliphatic heterocycles.